The maximum atomic E-state index is 2.49. The predicted octanol–water partition coefficient (Wildman–Crippen LogP) is 9.80. The van der Waals surface area contributed by atoms with Gasteiger partial charge < -0.3 is 0 Å². The van der Waals surface area contributed by atoms with E-state index in [1.165, 1.54) is 56.1 Å². The van der Waals surface area contributed by atoms with Gasteiger partial charge in [-0.05, 0) is 102 Å². The molecule has 0 aliphatic heterocycles. The molecule has 0 atom stereocenters. The summed E-state index contributed by atoms with van der Waals surface area (Å²) in [5.41, 5.74) is 14.0. The minimum Gasteiger partial charge on any atom is -0.0656 e. The lowest BCUT2D eigenvalue weighted by Gasteiger charge is -2.15. The third-order valence-electron chi connectivity index (χ3n) is 6.88. The molecule has 0 N–H and O–H groups in total. The van der Waals surface area contributed by atoms with Crippen molar-refractivity contribution < 1.29 is 0 Å². The van der Waals surface area contributed by atoms with Gasteiger partial charge in [-0.3, -0.25) is 0 Å². The fraction of sp³-hybridized carbons (Fsp3) is 0.514. The Morgan fingerprint density at radius 1 is 0.447 bits per heavy atom. The van der Waals surface area contributed by atoms with Crippen molar-refractivity contribution in [2.45, 2.75) is 106 Å². The summed E-state index contributed by atoms with van der Waals surface area (Å²) in [4.78, 5) is 0. The van der Waals surface area contributed by atoms with E-state index in [4.69, 9.17) is 0 Å². The molecule has 2 radical (unpaired) electrons. The van der Waals surface area contributed by atoms with Gasteiger partial charge in [-0.25, -0.2) is 0 Å². The molecule has 0 saturated heterocycles. The van der Waals surface area contributed by atoms with Crippen LogP contribution in [0.3, 0.4) is 0 Å². The van der Waals surface area contributed by atoms with Crippen LogP contribution >= 0.6 is 0 Å². The summed E-state index contributed by atoms with van der Waals surface area (Å²) in [7, 11) is 0.995. The average Bonchev–Trinajstić information content (AvgIpc) is 2.75. The van der Waals surface area contributed by atoms with Crippen molar-refractivity contribution in [1.29, 1.82) is 0 Å². The molecule has 3 aromatic rings. The summed E-state index contributed by atoms with van der Waals surface area (Å²) in [6.07, 6.45) is 5.49. The third-order valence-corrected chi connectivity index (χ3v) is 8.31. The van der Waals surface area contributed by atoms with Crippen LogP contribution in [0.1, 0.15) is 105 Å². The highest BCUT2D eigenvalue weighted by molar-refractivity contribution is 6.36. The van der Waals surface area contributed by atoms with Crippen LogP contribution in [0.25, 0.3) is 0 Å². The molecule has 0 bridgehead atoms. The second kappa shape index (κ2) is 14.3. The van der Waals surface area contributed by atoms with Gasteiger partial charge in [-0.2, -0.15) is 0 Å². The SMILES string of the molecule is Cc1cc(Cc2cc(Cc3cc(C[Si]C(C)C)cc(CC(C)C)c3)cc(CC(C)C)c2)cc(CC(C)C)c1. The number of benzene rings is 3. The van der Waals surface area contributed by atoms with E-state index in [-0.39, 0.29) is 0 Å². The van der Waals surface area contributed by atoms with E-state index in [0.717, 1.165) is 47.2 Å². The standard InChI is InChI=1S/C37H52Si/c1-25(2)10-30-13-29(9)14-33(15-30)19-34-16-31(11-26(3)4)17-35(20-34)21-36-18-32(12-27(5)6)22-37(23-36)24-38-28(7)8/h13-18,20,22-23,25-28H,10-12,19,21,24H2,1-9H3. The highest BCUT2D eigenvalue weighted by Crippen LogP contribution is 2.24. The van der Waals surface area contributed by atoms with E-state index >= 15 is 0 Å². The van der Waals surface area contributed by atoms with Gasteiger partial charge in [0.25, 0.3) is 0 Å². The first-order chi connectivity index (χ1) is 17.9. The fourth-order valence-corrected chi connectivity index (χ4v) is 6.55. The van der Waals surface area contributed by atoms with Crippen LogP contribution in [0.5, 0.6) is 0 Å². The monoisotopic (exact) mass is 524 g/mol. The van der Waals surface area contributed by atoms with E-state index < -0.39 is 0 Å². The number of rotatable bonds is 13. The molecular formula is C37H52Si. The van der Waals surface area contributed by atoms with Crippen molar-refractivity contribution in [2.75, 3.05) is 0 Å². The zero-order valence-corrected chi connectivity index (χ0v) is 26.7. The minimum absolute atomic E-state index is 0.660. The molecular weight excluding hydrogens is 472 g/mol. The summed E-state index contributed by atoms with van der Waals surface area (Å²) in [5, 5.41) is 0. The third kappa shape index (κ3) is 10.6. The quantitative estimate of drug-likeness (QED) is 0.195. The molecule has 0 amide bonds. The van der Waals surface area contributed by atoms with Gasteiger partial charge in [0.1, 0.15) is 0 Å². The van der Waals surface area contributed by atoms with Crippen LogP contribution in [0.15, 0.2) is 54.6 Å². The number of hydrogen-bond acceptors (Lipinski definition) is 0. The normalized spacial score (nSPS) is 11.9. The molecule has 0 aromatic heterocycles. The lowest BCUT2D eigenvalue weighted by atomic mass is 9.91. The van der Waals surface area contributed by atoms with Gasteiger partial charge in [0, 0.05) is 9.52 Å². The van der Waals surface area contributed by atoms with Gasteiger partial charge in [0.05, 0.1) is 0 Å². The lowest BCUT2D eigenvalue weighted by Crippen LogP contribution is -2.05. The molecule has 204 valence electrons. The molecule has 0 aliphatic rings. The molecule has 0 heterocycles. The molecule has 0 nitrogen and oxygen atoms in total. The molecule has 0 fully saturated rings. The maximum Gasteiger partial charge on any atom is 0.0457 e. The first-order valence-electron chi connectivity index (χ1n) is 15.0. The zero-order chi connectivity index (χ0) is 27.8. The maximum absolute atomic E-state index is 2.49. The molecule has 3 rings (SSSR count). The van der Waals surface area contributed by atoms with Crippen molar-refractivity contribution >= 4 is 9.52 Å². The Labute approximate surface area is 237 Å². The van der Waals surface area contributed by atoms with Crippen LogP contribution in [0.4, 0.5) is 0 Å². The highest BCUT2D eigenvalue weighted by atomic mass is 28.2. The smallest absolute Gasteiger partial charge is 0.0457 e. The summed E-state index contributed by atoms with van der Waals surface area (Å²) >= 11 is 0. The average molecular weight is 525 g/mol. The molecule has 0 aliphatic carbocycles. The topological polar surface area (TPSA) is 0 Å². The largest absolute Gasteiger partial charge is 0.0656 e. The highest BCUT2D eigenvalue weighted by Gasteiger charge is 2.10. The van der Waals surface area contributed by atoms with Crippen molar-refractivity contribution in [2.24, 2.45) is 17.8 Å². The molecule has 0 saturated carbocycles. The van der Waals surface area contributed by atoms with Gasteiger partial charge in [-0.1, -0.05) is 127 Å². The van der Waals surface area contributed by atoms with Crippen molar-refractivity contribution in [1.82, 2.24) is 0 Å². The first kappa shape index (κ1) is 30.4. The van der Waals surface area contributed by atoms with Crippen LogP contribution in [-0.4, -0.2) is 9.52 Å². The Bertz CT molecular complexity index is 1170. The van der Waals surface area contributed by atoms with E-state index in [1.54, 1.807) is 0 Å². The predicted molar refractivity (Wildman–Crippen MR) is 170 cm³/mol. The summed E-state index contributed by atoms with van der Waals surface area (Å²) < 4.78 is 0. The molecule has 0 spiro atoms. The first-order valence-corrected chi connectivity index (χ1v) is 16.3. The van der Waals surface area contributed by atoms with Crippen molar-refractivity contribution in [3.8, 4) is 0 Å². The van der Waals surface area contributed by atoms with Gasteiger partial charge in [-0.15, -0.1) is 0 Å². The van der Waals surface area contributed by atoms with E-state index in [1.807, 2.05) is 0 Å². The lowest BCUT2D eigenvalue weighted by molar-refractivity contribution is 0.646. The molecule has 1 heteroatoms. The van der Waals surface area contributed by atoms with Crippen LogP contribution in [-0.2, 0) is 38.1 Å². The molecule has 3 aromatic carbocycles. The second-order valence-electron chi connectivity index (χ2n) is 13.3. The summed E-state index contributed by atoms with van der Waals surface area (Å²) in [6.45, 7) is 20.9. The number of aryl methyl sites for hydroxylation is 1. The molecule has 0 unspecified atom stereocenters. The fourth-order valence-electron chi connectivity index (χ4n) is 5.70. The van der Waals surface area contributed by atoms with Crippen molar-refractivity contribution in [3.63, 3.8) is 0 Å². The second-order valence-corrected chi connectivity index (χ2v) is 15.2. The van der Waals surface area contributed by atoms with Gasteiger partial charge in [0.15, 0.2) is 0 Å². The minimum atomic E-state index is 0.660. The van der Waals surface area contributed by atoms with Crippen LogP contribution in [0, 0.1) is 24.7 Å². The van der Waals surface area contributed by atoms with E-state index in [2.05, 4.69) is 117 Å². The van der Waals surface area contributed by atoms with Crippen molar-refractivity contribution in [3.05, 3.63) is 105 Å². The summed E-state index contributed by atoms with van der Waals surface area (Å²) in [6, 6.07) is 23.3. The zero-order valence-electron chi connectivity index (χ0n) is 25.7. The Morgan fingerprint density at radius 3 is 1.18 bits per heavy atom. The van der Waals surface area contributed by atoms with Gasteiger partial charge in [0.2, 0.25) is 0 Å². The Morgan fingerprint density at radius 2 is 0.763 bits per heavy atom. The Hall–Kier alpha value is -2.12. The summed E-state index contributed by atoms with van der Waals surface area (Å²) in [5.74, 6) is 2.03. The Balaban J connectivity index is 1.93. The van der Waals surface area contributed by atoms with Gasteiger partial charge >= 0.3 is 0 Å². The van der Waals surface area contributed by atoms with E-state index in [0.29, 0.717) is 17.8 Å². The number of hydrogen-bond donors (Lipinski definition) is 0. The van der Waals surface area contributed by atoms with Crippen LogP contribution < -0.4 is 0 Å². The molecule has 38 heavy (non-hydrogen) atoms. The van der Waals surface area contributed by atoms with Crippen LogP contribution in [0.2, 0.25) is 5.54 Å². The van der Waals surface area contributed by atoms with E-state index in [9.17, 15) is 0 Å². The Kier molecular flexibility index (Phi) is 11.5.